The molecule has 7 heteroatoms. The first kappa shape index (κ1) is 13.3. The number of rotatable bonds is 6. The molecular formula is C9H15ClN4OS. The van der Waals surface area contributed by atoms with Crippen LogP contribution >= 0.6 is 23.4 Å². The van der Waals surface area contributed by atoms with Gasteiger partial charge in [0.2, 0.25) is 11.2 Å². The third kappa shape index (κ3) is 4.40. The third-order valence-corrected chi connectivity index (χ3v) is 2.95. The van der Waals surface area contributed by atoms with Gasteiger partial charge in [0, 0.05) is 11.8 Å². The number of hydrogen-bond acceptors (Lipinski definition) is 6. The molecule has 1 aromatic rings. The molecule has 1 N–H and O–H groups in total. The molecule has 0 amide bonds. The molecule has 0 radical (unpaired) electrons. The van der Waals surface area contributed by atoms with Gasteiger partial charge in [-0.15, -0.1) is 0 Å². The predicted molar refractivity (Wildman–Crippen MR) is 67.5 cm³/mol. The molecular weight excluding hydrogens is 248 g/mol. The quantitative estimate of drug-likeness (QED) is 0.847. The number of nitrogens with one attached hydrogen (secondary N) is 1. The highest BCUT2D eigenvalue weighted by Crippen LogP contribution is 2.12. The Bertz CT molecular complexity index is 339. The first-order valence-electron chi connectivity index (χ1n) is 4.96. The van der Waals surface area contributed by atoms with Crippen LogP contribution in [0.5, 0.6) is 6.01 Å². The lowest BCUT2D eigenvalue weighted by Gasteiger charge is -2.10. The van der Waals surface area contributed by atoms with Crippen LogP contribution in [0.1, 0.15) is 13.8 Å². The summed E-state index contributed by atoms with van der Waals surface area (Å²) in [5.41, 5.74) is 0. The van der Waals surface area contributed by atoms with E-state index in [1.165, 1.54) is 0 Å². The maximum absolute atomic E-state index is 5.75. The standard InChI is InChI=1S/C9H15ClN4OS/c1-4-15-9-13-7(10)12-8(14-9)11-5-6(2)16-3/h6H,4-5H2,1-3H3,(H,11,12,13,14). The number of thioether (sulfide) groups is 1. The van der Waals surface area contributed by atoms with Crippen LogP contribution in [0.25, 0.3) is 0 Å². The van der Waals surface area contributed by atoms with Crippen LogP contribution < -0.4 is 10.1 Å². The summed E-state index contributed by atoms with van der Waals surface area (Å²) in [7, 11) is 0. The monoisotopic (exact) mass is 262 g/mol. The predicted octanol–water partition coefficient (Wildman–Crippen LogP) is 2.09. The Hall–Kier alpha value is -0.750. The zero-order chi connectivity index (χ0) is 12.0. The van der Waals surface area contributed by atoms with Gasteiger partial charge < -0.3 is 10.1 Å². The van der Waals surface area contributed by atoms with Crippen LogP contribution in [0.4, 0.5) is 5.95 Å². The Balaban J connectivity index is 2.64. The van der Waals surface area contributed by atoms with Gasteiger partial charge in [-0.3, -0.25) is 0 Å². The molecule has 0 aliphatic rings. The molecule has 1 rings (SSSR count). The van der Waals surface area contributed by atoms with Crippen LogP contribution in [0.3, 0.4) is 0 Å². The second-order valence-corrected chi connectivity index (χ2v) is 4.69. The maximum Gasteiger partial charge on any atom is 0.322 e. The summed E-state index contributed by atoms with van der Waals surface area (Å²) in [6.07, 6.45) is 2.05. The van der Waals surface area contributed by atoms with Gasteiger partial charge in [0.05, 0.1) is 6.61 Å². The van der Waals surface area contributed by atoms with Crippen LogP contribution in [-0.4, -0.2) is 39.6 Å². The fourth-order valence-electron chi connectivity index (χ4n) is 0.923. The smallest absolute Gasteiger partial charge is 0.322 e. The van der Waals surface area contributed by atoms with E-state index in [1.807, 2.05) is 6.92 Å². The molecule has 1 heterocycles. The van der Waals surface area contributed by atoms with Crippen LogP contribution in [-0.2, 0) is 0 Å². The maximum atomic E-state index is 5.75. The van der Waals surface area contributed by atoms with E-state index in [4.69, 9.17) is 16.3 Å². The number of ether oxygens (including phenoxy) is 1. The fourth-order valence-corrected chi connectivity index (χ4v) is 1.33. The van der Waals surface area contributed by atoms with E-state index in [0.717, 1.165) is 6.54 Å². The fraction of sp³-hybridized carbons (Fsp3) is 0.667. The van der Waals surface area contributed by atoms with Crippen molar-refractivity contribution in [2.75, 3.05) is 24.7 Å². The summed E-state index contributed by atoms with van der Waals surface area (Å²) < 4.78 is 5.17. The van der Waals surface area contributed by atoms with Gasteiger partial charge in [0.1, 0.15) is 0 Å². The summed E-state index contributed by atoms with van der Waals surface area (Å²) in [6.45, 7) is 5.25. The van der Waals surface area contributed by atoms with E-state index >= 15 is 0 Å². The van der Waals surface area contributed by atoms with E-state index in [1.54, 1.807) is 11.8 Å². The number of nitrogens with zero attached hydrogens (tertiary/aromatic N) is 3. The largest absolute Gasteiger partial charge is 0.464 e. The highest BCUT2D eigenvalue weighted by molar-refractivity contribution is 7.99. The van der Waals surface area contributed by atoms with Crippen molar-refractivity contribution in [2.45, 2.75) is 19.1 Å². The van der Waals surface area contributed by atoms with Crippen molar-refractivity contribution < 1.29 is 4.74 Å². The Labute approximate surface area is 104 Å². The number of aromatic nitrogens is 3. The first-order chi connectivity index (χ1) is 7.65. The van der Waals surface area contributed by atoms with Gasteiger partial charge in [0.25, 0.3) is 0 Å². The van der Waals surface area contributed by atoms with E-state index in [9.17, 15) is 0 Å². The minimum absolute atomic E-state index is 0.137. The second-order valence-electron chi connectivity index (χ2n) is 3.07. The molecule has 0 fully saturated rings. The topological polar surface area (TPSA) is 59.9 Å². The molecule has 90 valence electrons. The van der Waals surface area contributed by atoms with Crippen LogP contribution in [0, 0.1) is 0 Å². The van der Waals surface area contributed by atoms with E-state index in [-0.39, 0.29) is 11.3 Å². The molecule has 5 nitrogen and oxygen atoms in total. The lowest BCUT2D eigenvalue weighted by molar-refractivity contribution is 0.312. The molecule has 0 spiro atoms. The Morgan fingerprint density at radius 3 is 2.81 bits per heavy atom. The van der Waals surface area contributed by atoms with Gasteiger partial charge in [-0.2, -0.15) is 26.7 Å². The summed E-state index contributed by atoms with van der Waals surface area (Å²) in [6, 6.07) is 0.252. The molecule has 0 aliphatic carbocycles. The molecule has 0 bridgehead atoms. The van der Waals surface area contributed by atoms with Crippen molar-refractivity contribution >= 4 is 29.3 Å². The summed E-state index contributed by atoms with van der Waals surface area (Å²) >= 11 is 7.51. The Kier molecular flexibility index (Phi) is 5.62. The van der Waals surface area contributed by atoms with E-state index < -0.39 is 0 Å². The van der Waals surface area contributed by atoms with Gasteiger partial charge in [-0.05, 0) is 24.8 Å². The highest BCUT2D eigenvalue weighted by atomic mass is 35.5. The molecule has 0 aliphatic heterocycles. The van der Waals surface area contributed by atoms with Crippen molar-refractivity contribution in [3.8, 4) is 6.01 Å². The van der Waals surface area contributed by atoms with E-state index in [2.05, 4.69) is 33.4 Å². The minimum atomic E-state index is 0.137. The second kappa shape index (κ2) is 6.75. The van der Waals surface area contributed by atoms with Crippen molar-refractivity contribution in [1.82, 2.24) is 15.0 Å². The average Bonchev–Trinajstić information content (AvgIpc) is 2.25. The summed E-state index contributed by atoms with van der Waals surface area (Å²) in [5.74, 6) is 0.448. The van der Waals surface area contributed by atoms with E-state index in [0.29, 0.717) is 17.8 Å². The summed E-state index contributed by atoms with van der Waals surface area (Å²) in [5, 5.41) is 3.70. The number of hydrogen-bond donors (Lipinski definition) is 1. The first-order valence-corrected chi connectivity index (χ1v) is 6.63. The van der Waals surface area contributed by atoms with Gasteiger partial charge >= 0.3 is 6.01 Å². The van der Waals surface area contributed by atoms with Crippen molar-refractivity contribution in [3.63, 3.8) is 0 Å². The zero-order valence-electron chi connectivity index (χ0n) is 9.53. The SMILES string of the molecule is CCOc1nc(Cl)nc(NCC(C)SC)n1. The third-order valence-electron chi connectivity index (χ3n) is 1.81. The van der Waals surface area contributed by atoms with Crippen molar-refractivity contribution in [2.24, 2.45) is 0 Å². The van der Waals surface area contributed by atoms with Crippen molar-refractivity contribution in [3.05, 3.63) is 5.28 Å². The normalized spacial score (nSPS) is 12.2. The highest BCUT2D eigenvalue weighted by Gasteiger charge is 2.06. The lowest BCUT2D eigenvalue weighted by atomic mass is 10.5. The van der Waals surface area contributed by atoms with Crippen LogP contribution in [0.2, 0.25) is 5.28 Å². The average molecular weight is 263 g/mol. The Morgan fingerprint density at radius 1 is 1.44 bits per heavy atom. The lowest BCUT2D eigenvalue weighted by Crippen LogP contribution is -2.15. The number of anilines is 1. The zero-order valence-corrected chi connectivity index (χ0v) is 11.1. The summed E-state index contributed by atoms with van der Waals surface area (Å²) in [4.78, 5) is 11.9. The molecule has 1 unspecified atom stereocenters. The van der Waals surface area contributed by atoms with Gasteiger partial charge in [-0.25, -0.2) is 0 Å². The van der Waals surface area contributed by atoms with Gasteiger partial charge in [-0.1, -0.05) is 6.92 Å². The Morgan fingerprint density at radius 2 is 2.19 bits per heavy atom. The minimum Gasteiger partial charge on any atom is -0.464 e. The molecule has 16 heavy (non-hydrogen) atoms. The van der Waals surface area contributed by atoms with Crippen LogP contribution in [0.15, 0.2) is 0 Å². The molecule has 1 aromatic heterocycles. The van der Waals surface area contributed by atoms with Gasteiger partial charge in [0.15, 0.2) is 0 Å². The molecule has 0 aromatic carbocycles. The number of halogens is 1. The molecule has 1 atom stereocenters. The van der Waals surface area contributed by atoms with Crippen molar-refractivity contribution in [1.29, 1.82) is 0 Å². The molecule has 0 saturated carbocycles. The molecule has 0 saturated heterocycles.